The lowest BCUT2D eigenvalue weighted by molar-refractivity contribution is 0.0503. The van der Waals surface area contributed by atoms with Gasteiger partial charge < -0.3 is 9.57 Å². The third kappa shape index (κ3) is 2.47. The molecular formula is C10H13NO3. The number of ether oxygens (including phenoxy) is 1. The summed E-state index contributed by atoms with van der Waals surface area (Å²) in [7, 11) is 0. The molecule has 0 radical (unpaired) electrons. The van der Waals surface area contributed by atoms with Crippen LogP contribution >= 0.6 is 0 Å². The predicted molar refractivity (Wildman–Crippen MR) is 52.0 cm³/mol. The fraction of sp³-hybridized carbons (Fsp3) is 0.300. The Hall–Kier alpha value is -1.55. The Morgan fingerprint density at radius 3 is 2.71 bits per heavy atom. The van der Waals surface area contributed by atoms with E-state index >= 15 is 0 Å². The monoisotopic (exact) mass is 195 g/mol. The smallest absolute Gasteiger partial charge is 0.356 e. The first kappa shape index (κ1) is 10.5. The second-order valence-corrected chi connectivity index (χ2v) is 2.87. The Labute approximate surface area is 82.6 Å². The van der Waals surface area contributed by atoms with Gasteiger partial charge in [-0.25, -0.2) is 4.79 Å². The predicted octanol–water partition coefficient (Wildman–Crippen LogP) is 1.42. The molecule has 76 valence electrons. The van der Waals surface area contributed by atoms with Gasteiger partial charge in [-0.05, 0) is 37.6 Å². The zero-order chi connectivity index (χ0) is 10.6. The number of rotatable bonds is 3. The molecule has 4 heteroatoms. The maximum absolute atomic E-state index is 11.1. The normalized spacial score (nSPS) is 9.64. The van der Waals surface area contributed by atoms with Crippen LogP contribution in [0, 0.1) is 6.92 Å². The van der Waals surface area contributed by atoms with Gasteiger partial charge in [0.05, 0.1) is 12.2 Å². The largest absolute Gasteiger partial charge is 0.494 e. The van der Waals surface area contributed by atoms with Crippen LogP contribution in [0.5, 0.6) is 5.75 Å². The van der Waals surface area contributed by atoms with Crippen molar-refractivity contribution in [2.45, 2.75) is 13.8 Å². The molecule has 4 nitrogen and oxygen atoms in total. The molecular weight excluding hydrogens is 182 g/mol. The molecule has 0 aliphatic carbocycles. The summed E-state index contributed by atoms with van der Waals surface area (Å²) in [5.74, 6) is 4.87. The number of carbonyl (C=O) groups is 1. The van der Waals surface area contributed by atoms with Crippen LogP contribution in [0.2, 0.25) is 0 Å². The van der Waals surface area contributed by atoms with Crippen molar-refractivity contribution in [2.75, 3.05) is 6.61 Å². The summed E-state index contributed by atoms with van der Waals surface area (Å²) in [5, 5.41) is 0. The molecule has 0 heterocycles. The van der Waals surface area contributed by atoms with Gasteiger partial charge in [0.1, 0.15) is 5.75 Å². The van der Waals surface area contributed by atoms with Gasteiger partial charge in [-0.15, -0.1) is 0 Å². The molecule has 0 fully saturated rings. The van der Waals surface area contributed by atoms with E-state index in [9.17, 15) is 4.79 Å². The Bertz CT molecular complexity index is 336. The second kappa shape index (κ2) is 4.62. The Morgan fingerprint density at radius 2 is 2.14 bits per heavy atom. The van der Waals surface area contributed by atoms with Crippen LogP contribution in [0.3, 0.4) is 0 Å². The maximum Gasteiger partial charge on any atom is 0.356 e. The van der Waals surface area contributed by atoms with E-state index in [4.69, 9.17) is 10.6 Å². The highest BCUT2D eigenvalue weighted by atomic mass is 16.7. The third-order valence-electron chi connectivity index (χ3n) is 1.70. The first-order chi connectivity index (χ1) is 6.67. The van der Waals surface area contributed by atoms with Crippen LogP contribution in [-0.4, -0.2) is 12.6 Å². The first-order valence-electron chi connectivity index (χ1n) is 4.33. The van der Waals surface area contributed by atoms with Gasteiger partial charge >= 0.3 is 5.97 Å². The van der Waals surface area contributed by atoms with Gasteiger partial charge in [0.25, 0.3) is 0 Å². The van der Waals surface area contributed by atoms with Crippen LogP contribution in [0.15, 0.2) is 18.2 Å². The number of carbonyl (C=O) groups excluding carboxylic acids is 1. The SMILES string of the molecule is CCOc1cc(C)cc(C(=O)ON)c1. The Morgan fingerprint density at radius 1 is 1.43 bits per heavy atom. The summed E-state index contributed by atoms with van der Waals surface area (Å²) < 4.78 is 5.27. The highest BCUT2D eigenvalue weighted by Crippen LogP contribution is 2.17. The molecule has 1 aromatic carbocycles. The van der Waals surface area contributed by atoms with Gasteiger partial charge in [0, 0.05) is 0 Å². The summed E-state index contributed by atoms with van der Waals surface area (Å²) in [6.45, 7) is 4.31. The topological polar surface area (TPSA) is 61.5 Å². The van der Waals surface area contributed by atoms with E-state index in [-0.39, 0.29) is 0 Å². The summed E-state index contributed by atoms with van der Waals surface area (Å²) >= 11 is 0. The molecule has 0 atom stereocenters. The number of aryl methyl sites for hydroxylation is 1. The summed E-state index contributed by atoms with van der Waals surface area (Å²) in [4.78, 5) is 15.2. The highest BCUT2D eigenvalue weighted by molar-refractivity contribution is 5.89. The maximum atomic E-state index is 11.1. The lowest BCUT2D eigenvalue weighted by Crippen LogP contribution is -2.10. The van der Waals surface area contributed by atoms with Crippen LogP contribution in [0.1, 0.15) is 22.8 Å². The van der Waals surface area contributed by atoms with E-state index in [1.807, 2.05) is 19.9 Å². The second-order valence-electron chi connectivity index (χ2n) is 2.87. The molecule has 0 aliphatic heterocycles. The van der Waals surface area contributed by atoms with Gasteiger partial charge in [-0.3, -0.25) is 0 Å². The zero-order valence-corrected chi connectivity index (χ0v) is 8.24. The molecule has 1 rings (SSSR count). The van der Waals surface area contributed by atoms with E-state index in [1.54, 1.807) is 12.1 Å². The zero-order valence-electron chi connectivity index (χ0n) is 8.24. The summed E-state index contributed by atoms with van der Waals surface area (Å²) in [5.41, 5.74) is 1.33. The summed E-state index contributed by atoms with van der Waals surface area (Å²) in [6, 6.07) is 5.14. The molecule has 0 saturated heterocycles. The van der Waals surface area contributed by atoms with Crippen LogP contribution in [0.4, 0.5) is 0 Å². The standard InChI is InChI=1S/C10H13NO3/c1-3-13-9-5-7(2)4-8(6-9)10(12)14-11/h4-6H,3,11H2,1-2H3. The fourth-order valence-corrected chi connectivity index (χ4v) is 1.18. The van der Waals surface area contributed by atoms with Crippen LogP contribution in [-0.2, 0) is 4.84 Å². The Kier molecular flexibility index (Phi) is 3.48. The number of hydrogen-bond donors (Lipinski definition) is 1. The average molecular weight is 195 g/mol. The molecule has 0 aromatic heterocycles. The highest BCUT2D eigenvalue weighted by Gasteiger charge is 2.08. The van der Waals surface area contributed by atoms with Crippen molar-refractivity contribution in [2.24, 2.45) is 5.90 Å². The average Bonchev–Trinajstić information content (AvgIpc) is 2.16. The van der Waals surface area contributed by atoms with Gasteiger partial charge in [0.2, 0.25) is 0 Å². The van der Waals surface area contributed by atoms with Crippen molar-refractivity contribution < 1.29 is 14.4 Å². The molecule has 0 amide bonds. The number of hydrogen-bond acceptors (Lipinski definition) is 4. The minimum atomic E-state index is -0.561. The van der Waals surface area contributed by atoms with Crippen LogP contribution in [0.25, 0.3) is 0 Å². The summed E-state index contributed by atoms with van der Waals surface area (Å²) in [6.07, 6.45) is 0. The van der Waals surface area contributed by atoms with Crippen LogP contribution < -0.4 is 10.6 Å². The van der Waals surface area contributed by atoms with E-state index in [2.05, 4.69) is 4.84 Å². The molecule has 0 bridgehead atoms. The molecule has 0 unspecified atom stereocenters. The lowest BCUT2D eigenvalue weighted by atomic mass is 10.1. The Balaban J connectivity index is 3.00. The molecule has 0 saturated carbocycles. The third-order valence-corrected chi connectivity index (χ3v) is 1.70. The van der Waals surface area contributed by atoms with E-state index in [0.29, 0.717) is 17.9 Å². The quantitative estimate of drug-likeness (QED) is 0.741. The van der Waals surface area contributed by atoms with Crippen molar-refractivity contribution in [3.8, 4) is 5.75 Å². The van der Waals surface area contributed by atoms with E-state index in [0.717, 1.165) is 5.56 Å². The molecule has 0 spiro atoms. The van der Waals surface area contributed by atoms with Crippen molar-refractivity contribution in [3.63, 3.8) is 0 Å². The molecule has 1 aromatic rings. The lowest BCUT2D eigenvalue weighted by Gasteiger charge is -2.06. The van der Waals surface area contributed by atoms with Gasteiger partial charge in [-0.1, -0.05) is 0 Å². The van der Waals surface area contributed by atoms with Crippen molar-refractivity contribution in [1.29, 1.82) is 0 Å². The molecule has 0 aliphatic rings. The first-order valence-corrected chi connectivity index (χ1v) is 4.33. The van der Waals surface area contributed by atoms with Crippen molar-refractivity contribution >= 4 is 5.97 Å². The number of benzene rings is 1. The fourth-order valence-electron chi connectivity index (χ4n) is 1.18. The molecule has 2 N–H and O–H groups in total. The van der Waals surface area contributed by atoms with E-state index in [1.165, 1.54) is 0 Å². The van der Waals surface area contributed by atoms with Gasteiger partial charge in [-0.2, -0.15) is 5.90 Å². The van der Waals surface area contributed by atoms with Gasteiger partial charge in [0.15, 0.2) is 0 Å². The van der Waals surface area contributed by atoms with E-state index < -0.39 is 5.97 Å². The van der Waals surface area contributed by atoms with Crippen molar-refractivity contribution in [1.82, 2.24) is 0 Å². The molecule has 14 heavy (non-hydrogen) atoms. The minimum absolute atomic E-state index is 0.399. The van der Waals surface area contributed by atoms with Crippen molar-refractivity contribution in [3.05, 3.63) is 29.3 Å². The number of nitrogens with two attached hydrogens (primary N) is 1. The minimum Gasteiger partial charge on any atom is -0.494 e.